The van der Waals surface area contributed by atoms with E-state index in [1.807, 2.05) is 12.1 Å². The fourth-order valence-corrected chi connectivity index (χ4v) is 2.82. The average molecular weight is 244 g/mol. The molecule has 1 unspecified atom stereocenters. The van der Waals surface area contributed by atoms with Crippen LogP contribution in [0.3, 0.4) is 0 Å². The molecule has 94 valence electrons. The Morgan fingerprint density at radius 1 is 1.11 bits per heavy atom. The Morgan fingerprint density at radius 2 is 1.72 bits per heavy atom. The zero-order valence-electron chi connectivity index (χ0n) is 10.4. The van der Waals surface area contributed by atoms with Gasteiger partial charge < -0.3 is 0 Å². The quantitative estimate of drug-likeness (QED) is 0.696. The molecule has 2 aliphatic heterocycles. The molecular formula is C14H16N2O2. The third-order valence-electron chi connectivity index (χ3n) is 3.93. The van der Waals surface area contributed by atoms with Gasteiger partial charge in [-0.05, 0) is 17.5 Å². The lowest BCUT2D eigenvalue weighted by atomic mass is 10.0. The lowest BCUT2D eigenvalue weighted by molar-refractivity contribution is -0.151. The third kappa shape index (κ3) is 1.73. The van der Waals surface area contributed by atoms with Gasteiger partial charge in [0.2, 0.25) is 11.8 Å². The predicted molar refractivity (Wildman–Crippen MR) is 66.5 cm³/mol. The number of piperidine rings is 1. The van der Waals surface area contributed by atoms with Crippen molar-refractivity contribution in [1.82, 2.24) is 9.80 Å². The Labute approximate surface area is 106 Å². The van der Waals surface area contributed by atoms with Gasteiger partial charge in [0.1, 0.15) is 0 Å². The summed E-state index contributed by atoms with van der Waals surface area (Å²) in [5.74, 6) is -0.119. The Balaban J connectivity index is 1.79. The van der Waals surface area contributed by atoms with E-state index in [1.165, 1.54) is 16.0 Å². The Hall–Kier alpha value is -1.68. The first kappa shape index (κ1) is 11.4. The SMILES string of the molecule is CN1C(=O)CCC(N2Cc3ccccc3C2)C1=O. The van der Waals surface area contributed by atoms with E-state index >= 15 is 0 Å². The van der Waals surface area contributed by atoms with Crippen LogP contribution in [0.5, 0.6) is 0 Å². The summed E-state index contributed by atoms with van der Waals surface area (Å²) in [6.45, 7) is 1.63. The molecule has 18 heavy (non-hydrogen) atoms. The maximum atomic E-state index is 12.1. The fraction of sp³-hybridized carbons (Fsp3) is 0.429. The number of hydrogen-bond donors (Lipinski definition) is 0. The molecule has 0 aromatic heterocycles. The molecule has 1 fully saturated rings. The average Bonchev–Trinajstić information content (AvgIpc) is 2.79. The highest BCUT2D eigenvalue weighted by atomic mass is 16.2. The highest BCUT2D eigenvalue weighted by Crippen LogP contribution is 2.28. The molecule has 0 bridgehead atoms. The summed E-state index contributed by atoms with van der Waals surface area (Å²) in [7, 11) is 1.58. The van der Waals surface area contributed by atoms with Crippen LogP contribution in [0.15, 0.2) is 24.3 Å². The first-order valence-electron chi connectivity index (χ1n) is 6.28. The van der Waals surface area contributed by atoms with E-state index in [0.717, 1.165) is 13.1 Å². The molecule has 0 saturated carbocycles. The van der Waals surface area contributed by atoms with Gasteiger partial charge in [-0.1, -0.05) is 24.3 Å². The van der Waals surface area contributed by atoms with Crippen LogP contribution in [-0.2, 0) is 22.7 Å². The largest absolute Gasteiger partial charge is 0.284 e. The summed E-state index contributed by atoms with van der Waals surface area (Å²) in [4.78, 5) is 27.1. The summed E-state index contributed by atoms with van der Waals surface area (Å²) in [5.41, 5.74) is 2.59. The number of likely N-dealkylation sites (N-methyl/N-ethyl adjacent to an activating group) is 1. The smallest absolute Gasteiger partial charge is 0.246 e. The van der Waals surface area contributed by atoms with Gasteiger partial charge in [0, 0.05) is 26.6 Å². The second-order valence-corrected chi connectivity index (χ2v) is 5.02. The van der Waals surface area contributed by atoms with Gasteiger partial charge in [-0.2, -0.15) is 0 Å². The standard InChI is InChI=1S/C14H16N2O2/c1-15-13(17)7-6-12(14(15)18)16-8-10-4-2-3-5-11(10)9-16/h2-5,12H,6-9H2,1H3. The van der Waals surface area contributed by atoms with Crippen molar-refractivity contribution >= 4 is 11.8 Å². The van der Waals surface area contributed by atoms with Crippen molar-refractivity contribution in [3.05, 3.63) is 35.4 Å². The topological polar surface area (TPSA) is 40.6 Å². The van der Waals surface area contributed by atoms with E-state index in [4.69, 9.17) is 0 Å². The van der Waals surface area contributed by atoms with Crippen LogP contribution in [0.1, 0.15) is 24.0 Å². The van der Waals surface area contributed by atoms with Crippen molar-refractivity contribution in [3.63, 3.8) is 0 Å². The normalized spacial score (nSPS) is 24.5. The third-order valence-corrected chi connectivity index (χ3v) is 3.93. The molecule has 0 N–H and O–H groups in total. The van der Waals surface area contributed by atoms with Crippen LogP contribution in [0.4, 0.5) is 0 Å². The van der Waals surface area contributed by atoms with E-state index in [9.17, 15) is 9.59 Å². The van der Waals surface area contributed by atoms with Gasteiger partial charge in [0.25, 0.3) is 0 Å². The van der Waals surface area contributed by atoms with Gasteiger partial charge in [0.15, 0.2) is 0 Å². The van der Waals surface area contributed by atoms with Crippen molar-refractivity contribution in [1.29, 1.82) is 0 Å². The number of hydrogen-bond acceptors (Lipinski definition) is 3. The van der Waals surface area contributed by atoms with Crippen LogP contribution in [-0.4, -0.2) is 34.7 Å². The number of amides is 2. The number of carbonyl (C=O) groups is 2. The second kappa shape index (κ2) is 4.21. The van der Waals surface area contributed by atoms with Crippen molar-refractivity contribution in [2.45, 2.75) is 32.0 Å². The van der Waals surface area contributed by atoms with Gasteiger partial charge in [-0.25, -0.2) is 0 Å². The minimum absolute atomic E-state index is 0.0564. The number of rotatable bonds is 1. The molecule has 1 aromatic carbocycles. The molecule has 0 radical (unpaired) electrons. The van der Waals surface area contributed by atoms with Crippen molar-refractivity contribution < 1.29 is 9.59 Å². The monoisotopic (exact) mass is 244 g/mol. The molecule has 2 amide bonds. The summed E-state index contributed by atoms with van der Waals surface area (Å²) in [6.07, 6.45) is 1.12. The van der Waals surface area contributed by atoms with Crippen LogP contribution >= 0.6 is 0 Å². The number of nitrogens with zero attached hydrogens (tertiary/aromatic N) is 2. The van der Waals surface area contributed by atoms with Crippen LogP contribution < -0.4 is 0 Å². The van der Waals surface area contributed by atoms with E-state index in [0.29, 0.717) is 12.8 Å². The van der Waals surface area contributed by atoms with Crippen LogP contribution in [0.25, 0.3) is 0 Å². The van der Waals surface area contributed by atoms with E-state index in [2.05, 4.69) is 17.0 Å². The molecule has 0 spiro atoms. The first-order chi connectivity index (χ1) is 8.66. The fourth-order valence-electron chi connectivity index (χ4n) is 2.82. The van der Waals surface area contributed by atoms with Crippen molar-refractivity contribution in [2.24, 2.45) is 0 Å². The van der Waals surface area contributed by atoms with Gasteiger partial charge >= 0.3 is 0 Å². The minimum atomic E-state index is -0.139. The number of fused-ring (bicyclic) bond motifs is 1. The van der Waals surface area contributed by atoms with Gasteiger partial charge in [0.05, 0.1) is 6.04 Å². The predicted octanol–water partition coefficient (Wildman–Crippen LogP) is 1.15. The Kier molecular flexibility index (Phi) is 2.67. The summed E-state index contributed by atoms with van der Waals surface area (Å²) < 4.78 is 0. The van der Waals surface area contributed by atoms with Crippen molar-refractivity contribution in [3.8, 4) is 0 Å². The zero-order chi connectivity index (χ0) is 12.7. The molecule has 4 heteroatoms. The number of likely N-dealkylation sites (tertiary alicyclic amines) is 1. The number of imide groups is 1. The van der Waals surface area contributed by atoms with Crippen LogP contribution in [0.2, 0.25) is 0 Å². The molecule has 0 aliphatic carbocycles. The first-order valence-corrected chi connectivity index (χ1v) is 6.28. The van der Waals surface area contributed by atoms with Gasteiger partial charge in [-0.15, -0.1) is 0 Å². The molecule has 3 rings (SSSR count). The minimum Gasteiger partial charge on any atom is -0.284 e. The summed E-state index contributed by atoms with van der Waals surface area (Å²) >= 11 is 0. The van der Waals surface area contributed by atoms with Crippen LogP contribution in [0, 0.1) is 0 Å². The Bertz CT molecular complexity index is 487. The number of carbonyl (C=O) groups excluding carboxylic acids is 2. The molecular weight excluding hydrogens is 228 g/mol. The maximum Gasteiger partial charge on any atom is 0.246 e. The lowest BCUT2D eigenvalue weighted by Gasteiger charge is -2.33. The maximum absolute atomic E-state index is 12.1. The molecule has 2 heterocycles. The van der Waals surface area contributed by atoms with Gasteiger partial charge in [-0.3, -0.25) is 19.4 Å². The highest BCUT2D eigenvalue weighted by Gasteiger charge is 2.37. The van der Waals surface area contributed by atoms with E-state index in [1.54, 1.807) is 7.05 Å². The van der Waals surface area contributed by atoms with E-state index in [-0.39, 0.29) is 17.9 Å². The van der Waals surface area contributed by atoms with Crippen molar-refractivity contribution in [2.75, 3.05) is 7.05 Å². The molecule has 1 aromatic rings. The van der Waals surface area contributed by atoms with E-state index < -0.39 is 0 Å². The highest BCUT2D eigenvalue weighted by molar-refractivity contribution is 6.00. The summed E-state index contributed by atoms with van der Waals surface area (Å²) in [5, 5.41) is 0. The summed E-state index contributed by atoms with van der Waals surface area (Å²) in [6, 6.07) is 8.14. The molecule has 1 atom stereocenters. The second-order valence-electron chi connectivity index (χ2n) is 5.02. The molecule has 1 saturated heterocycles. The number of benzene rings is 1. The zero-order valence-corrected chi connectivity index (χ0v) is 10.4. The Morgan fingerprint density at radius 3 is 2.33 bits per heavy atom. The lowest BCUT2D eigenvalue weighted by Crippen LogP contribution is -2.51. The molecule has 4 nitrogen and oxygen atoms in total. The molecule has 2 aliphatic rings.